The molecule has 0 aliphatic carbocycles. The van der Waals surface area contributed by atoms with Crippen molar-refractivity contribution in [1.82, 2.24) is 0 Å². The fourth-order valence-electron chi connectivity index (χ4n) is 0.649. The normalized spacial score (nSPS) is 11.1. The van der Waals surface area contributed by atoms with Gasteiger partial charge in [-0.3, -0.25) is 4.79 Å². The number of hydrogen-bond donors (Lipinski definition) is 0. The van der Waals surface area contributed by atoms with Gasteiger partial charge < -0.3 is 4.84 Å². The number of hydrogen-bond acceptors (Lipinski definition) is 3. The van der Waals surface area contributed by atoms with Crippen molar-refractivity contribution in [2.75, 3.05) is 6.61 Å². The Labute approximate surface area is 73.1 Å². The van der Waals surface area contributed by atoms with Crippen molar-refractivity contribution in [1.29, 1.82) is 0 Å². The molecule has 0 heterocycles. The molecule has 0 unspecified atom stereocenters. The Morgan fingerprint density at radius 3 is 2.42 bits per heavy atom. The van der Waals surface area contributed by atoms with Gasteiger partial charge in [0.05, 0.1) is 0 Å². The summed E-state index contributed by atoms with van der Waals surface area (Å²) in [4.78, 5) is 15.7. The summed E-state index contributed by atoms with van der Waals surface area (Å²) in [6, 6.07) is 0. The highest BCUT2D eigenvalue weighted by atomic mass is 16.6. The molecule has 0 saturated carbocycles. The van der Waals surface area contributed by atoms with Gasteiger partial charge >= 0.3 is 0 Å². The van der Waals surface area contributed by atoms with E-state index in [9.17, 15) is 4.79 Å². The summed E-state index contributed by atoms with van der Waals surface area (Å²) in [5.74, 6) is -0.0635. The zero-order chi connectivity index (χ0) is 9.56. The van der Waals surface area contributed by atoms with Crippen LogP contribution in [0.2, 0.25) is 0 Å². The second-order valence-electron chi connectivity index (χ2n) is 2.65. The smallest absolute Gasteiger partial charge is 0.177 e. The quantitative estimate of drug-likeness (QED) is 0.358. The molecule has 0 amide bonds. The van der Waals surface area contributed by atoms with Gasteiger partial charge in [-0.25, -0.2) is 0 Å². The van der Waals surface area contributed by atoms with Gasteiger partial charge in [-0.1, -0.05) is 17.3 Å². The maximum Gasteiger partial charge on any atom is 0.177 e. The first kappa shape index (κ1) is 10.9. The number of carbonyl (C=O) groups excluding carboxylic acids is 1. The Hall–Kier alpha value is -1.12. The fraction of sp³-hybridized carbons (Fsp3) is 0.556. The molecule has 0 aliphatic rings. The predicted molar refractivity (Wildman–Crippen MR) is 49.2 cm³/mol. The van der Waals surface area contributed by atoms with Gasteiger partial charge in [-0.05, 0) is 13.8 Å². The van der Waals surface area contributed by atoms with Crippen molar-refractivity contribution < 1.29 is 9.63 Å². The van der Waals surface area contributed by atoms with Crippen molar-refractivity contribution in [3.8, 4) is 0 Å². The molecule has 0 saturated heterocycles. The minimum absolute atomic E-state index is 0.0635. The summed E-state index contributed by atoms with van der Waals surface area (Å²) < 4.78 is 0. The molecule has 3 heteroatoms. The Morgan fingerprint density at radius 2 is 2.08 bits per heavy atom. The second kappa shape index (κ2) is 5.52. The lowest BCUT2D eigenvalue weighted by Gasteiger charge is -2.00. The van der Waals surface area contributed by atoms with Crippen molar-refractivity contribution >= 4 is 11.5 Å². The van der Waals surface area contributed by atoms with E-state index in [0.29, 0.717) is 18.7 Å². The van der Waals surface area contributed by atoms with Crippen LogP contribution in [-0.2, 0) is 9.63 Å². The standard InChI is InChI=1S/C9H15NO2/c1-5-12-10-9(8(4)11)6-7(2)3/h2,5-6H2,1,3-4H3/b10-9+. The Bertz CT molecular complexity index is 207. The van der Waals surface area contributed by atoms with E-state index in [4.69, 9.17) is 4.84 Å². The van der Waals surface area contributed by atoms with E-state index in [1.165, 1.54) is 6.92 Å². The van der Waals surface area contributed by atoms with Crippen LogP contribution < -0.4 is 0 Å². The third-order valence-corrected chi connectivity index (χ3v) is 1.18. The van der Waals surface area contributed by atoms with E-state index < -0.39 is 0 Å². The molecule has 0 aromatic carbocycles. The van der Waals surface area contributed by atoms with Crippen LogP contribution in [0.5, 0.6) is 0 Å². The summed E-state index contributed by atoms with van der Waals surface area (Å²) in [5, 5.41) is 3.69. The topological polar surface area (TPSA) is 38.7 Å². The first-order valence-electron chi connectivity index (χ1n) is 3.92. The molecular weight excluding hydrogens is 154 g/mol. The van der Waals surface area contributed by atoms with Crippen molar-refractivity contribution in [2.45, 2.75) is 27.2 Å². The van der Waals surface area contributed by atoms with E-state index in [0.717, 1.165) is 5.57 Å². The molecule has 0 rings (SSSR count). The van der Waals surface area contributed by atoms with Crippen molar-refractivity contribution in [2.24, 2.45) is 5.16 Å². The zero-order valence-electron chi connectivity index (χ0n) is 7.89. The van der Waals surface area contributed by atoms with E-state index >= 15 is 0 Å². The Kier molecular flexibility index (Phi) is 5.00. The second-order valence-corrected chi connectivity index (χ2v) is 2.65. The van der Waals surface area contributed by atoms with E-state index in [-0.39, 0.29) is 5.78 Å². The molecule has 0 atom stereocenters. The summed E-state index contributed by atoms with van der Waals surface area (Å²) in [7, 11) is 0. The molecule has 0 radical (unpaired) electrons. The van der Waals surface area contributed by atoms with Crippen LogP contribution in [0, 0.1) is 0 Å². The molecule has 0 fully saturated rings. The maximum atomic E-state index is 10.9. The van der Waals surface area contributed by atoms with Crippen LogP contribution in [0.25, 0.3) is 0 Å². The number of Topliss-reactive ketones (excluding diaryl/α,β-unsaturated/α-hetero) is 1. The first-order valence-corrected chi connectivity index (χ1v) is 3.92. The van der Waals surface area contributed by atoms with Crippen LogP contribution in [0.15, 0.2) is 17.3 Å². The SMILES string of the molecule is C=C(C)C/C(=N\OCC)C(C)=O. The predicted octanol–water partition coefficient (Wildman–Crippen LogP) is 1.93. The average molecular weight is 169 g/mol. The molecular formula is C9H15NO2. The highest BCUT2D eigenvalue weighted by Crippen LogP contribution is 2.00. The van der Waals surface area contributed by atoms with E-state index in [1.807, 2.05) is 13.8 Å². The number of rotatable bonds is 5. The highest BCUT2D eigenvalue weighted by Gasteiger charge is 2.06. The van der Waals surface area contributed by atoms with Crippen molar-refractivity contribution in [3.63, 3.8) is 0 Å². The monoisotopic (exact) mass is 169 g/mol. The van der Waals surface area contributed by atoms with Crippen LogP contribution in [0.3, 0.4) is 0 Å². The lowest BCUT2D eigenvalue weighted by atomic mass is 10.1. The molecule has 0 spiro atoms. The van der Waals surface area contributed by atoms with Gasteiger partial charge in [0.25, 0.3) is 0 Å². The fourth-order valence-corrected chi connectivity index (χ4v) is 0.649. The molecule has 0 aliphatic heterocycles. The maximum absolute atomic E-state index is 10.9. The number of allylic oxidation sites excluding steroid dienone is 1. The van der Waals surface area contributed by atoms with Gasteiger partial charge in [0.15, 0.2) is 5.78 Å². The zero-order valence-corrected chi connectivity index (χ0v) is 7.89. The molecule has 12 heavy (non-hydrogen) atoms. The molecule has 0 aromatic heterocycles. The van der Waals surface area contributed by atoms with E-state index in [2.05, 4.69) is 11.7 Å². The lowest BCUT2D eigenvalue weighted by molar-refractivity contribution is -0.111. The number of nitrogens with zero attached hydrogens (tertiary/aromatic N) is 1. The van der Waals surface area contributed by atoms with Gasteiger partial charge in [0.2, 0.25) is 0 Å². The third kappa shape index (κ3) is 4.66. The minimum Gasteiger partial charge on any atom is -0.396 e. The summed E-state index contributed by atoms with van der Waals surface area (Å²) >= 11 is 0. The van der Waals surface area contributed by atoms with Crippen LogP contribution >= 0.6 is 0 Å². The van der Waals surface area contributed by atoms with Gasteiger partial charge in [-0.2, -0.15) is 0 Å². The minimum atomic E-state index is -0.0635. The van der Waals surface area contributed by atoms with Gasteiger partial charge in [0, 0.05) is 13.3 Å². The van der Waals surface area contributed by atoms with Crippen LogP contribution in [0.4, 0.5) is 0 Å². The Morgan fingerprint density at radius 1 is 1.50 bits per heavy atom. The molecule has 3 nitrogen and oxygen atoms in total. The summed E-state index contributed by atoms with van der Waals surface area (Å²) in [6.45, 7) is 9.32. The van der Waals surface area contributed by atoms with Crippen molar-refractivity contribution in [3.05, 3.63) is 12.2 Å². The van der Waals surface area contributed by atoms with Crippen LogP contribution in [-0.4, -0.2) is 18.1 Å². The highest BCUT2D eigenvalue weighted by molar-refractivity contribution is 6.39. The summed E-state index contributed by atoms with van der Waals surface area (Å²) in [6.07, 6.45) is 0.495. The largest absolute Gasteiger partial charge is 0.396 e. The van der Waals surface area contributed by atoms with Crippen LogP contribution in [0.1, 0.15) is 27.2 Å². The third-order valence-electron chi connectivity index (χ3n) is 1.18. The number of ketones is 1. The molecule has 0 N–H and O–H groups in total. The lowest BCUT2D eigenvalue weighted by Crippen LogP contribution is -2.10. The Balaban J connectivity index is 4.22. The first-order chi connectivity index (χ1) is 5.57. The number of carbonyl (C=O) groups is 1. The van der Waals surface area contributed by atoms with Gasteiger partial charge in [-0.15, -0.1) is 0 Å². The molecule has 0 bridgehead atoms. The van der Waals surface area contributed by atoms with E-state index in [1.54, 1.807) is 0 Å². The average Bonchev–Trinajstić information content (AvgIpc) is 1.96. The summed E-state index contributed by atoms with van der Waals surface area (Å²) in [5.41, 5.74) is 1.34. The molecule has 0 aromatic rings. The van der Waals surface area contributed by atoms with Gasteiger partial charge in [0.1, 0.15) is 12.3 Å². The molecule has 68 valence electrons. The number of oxime groups is 1.